The molecule has 0 atom stereocenters. The molecule has 0 bridgehead atoms. The van der Waals surface area contributed by atoms with Gasteiger partial charge in [0, 0.05) is 5.56 Å². The summed E-state index contributed by atoms with van der Waals surface area (Å²) in [6.07, 6.45) is 1.73. The molecule has 144 valence electrons. The van der Waals surface area contributed by atoms with Crippen LogP contribution in [0.25, 0.3) is 22.3 Å². The second-order valence-electron chi connectivity index (χ2n) is 6.23. The van der Waals surface area contributed by atoms with E-state index in [0.29, 0.717) is 22.8 Å². The number of ether oxygens (including phenoxy) is 3. The SMILES string of the molecule is COc1ccc(C(=O)Oc2ccc(-c3cnc4ccccc4n3)cc2)cc1OC. The average molecular weight is 386 g/mol. The number of esters is 1. The van der Waals surface area contributed by atoms with E-state index < -0.39 is 5.97 Å². The summed E-state index contributed by atoms with van der Waals surface area (Å²) in [6, 6.07) is 19.7. The first-order chi connectivity index (χ1) is 14.2. The van der Waals surface area contributed by atoms with Crippen molar-refractivity contribution in [3.63, 3.8) is 0 Å². The molecule has 0 fully saturated rings. The third-order valence-corrected chi connectivity index (χ3v) is 4.43. The van der Waals surface area contributed by atoms with Crippen LogP contribution in [0.5, 0.6) is 17.2 Å². The molecular weight excluding hydrogens is 368 g/mol. The number of methoxy groups -OCH3 is 2. The smallest absolute Gasteiger partial charge is 0.343 e. The normalized spacial score (nSPS) is 10.6. The van der Waals surface area contributed by atoms with Gasteiger partial charge in [-0.05, 0) is 54.6 Å². The molecule has 0 amide bonds. The number of fused-ring (bicyclic) bond motifs is 1. The van der Waals surface area contributed by atoms with E-state index in [-0.39, 0.29) is 0 Å². The maximum atomic E-state index is 12.4. The molecule has 6 heteroatoms. The van der Waals surface area contributed by atoms with Crippen molar-refractivity contribution in [3.05, 3.63) is 78.5 Å². The molecule has 0 aliphatic carbocycles. The van der Waals surface area contributed by atoms with Crippen molar-refractivity contribution in [2.45, 2.75) is 0 Å². The number of hydrogen-bond donors (Lipinski definition) is 0. The van der Waals surface area contributed by atoms with E-state index >= 15 is 0 Å². The molecule has 0 saturated carbocycles. The van der Waals surface area contributed by atoms with E-state index in [1.165, 1.54) is 14.2 Å². The van der Waals surface area contributed by atoms with Crippen LogP contribution in [0.1, 0.15) is 10.4 Å². The van der Waals surface area contributed by atoms with E-state index in [2.05, 4.69) is 9.97 Å². The minimum Gasteiger partial charge on any atom is -0.493 e. The second kappa shape index (κ2) is 7.98. The summed E-state index contributed by atoms with van der Waals surface area (Å²) in [4.78, 5) is 21.5. The highest BCUT2D eigenvalue weighted by atomic mass is 16.5. The molecule has 4 aromatic rings. The standard InChI is InChI=1S/C23H18N2O4/c1-27-21-12-9-16(13-22(21)28-2)23(26)29-17-10-7-15(8-11-17)20-14-24-18-5-3-4-6-19(18)25-20/h3-14H,1-2H3. The van der Waals surface area contributed by atoms with Crippen LogP contribution in [-0.2, 0) is 0 Å². The first kappa shape index (κ1) is 18.4. The summed E-state index contributed by atoms with van der Waals surface area (Å²) in [5, 5.41) is 0. The number of aromatic nitrogens is 2. The average Bonchev–Trinajstić information content (AvgIpc) is 2.78. The Morgan fingerprint density at radius 2 is 1.55 bits per heavy atom. The number of carbonyl (C=O) groups is 1. The van der Waals surface area contributed by atoms with Crippen molar-refractivity contribution in [1.29, 1.82) is 0 Å². The monoisotopic (exact) mass is 386 g/mol. The van der Waals surface area contributed by atoms with Crippen LogP contribution in [0.3, 0.4) is 0 Å². The third-order valence-electron chi connectivity index (χ3n) is 4.43. The number of rotatable bonds is 5. The van der Waals surface area contributed by atoms with Crippen LogP contribution in [0.2, 0.25) is 0 Å². The highest BCUT2D eigenvalue weighted by Gasteiger charge is 2.13. The van der Waals surface area contributed by atoms with Gasteiger partial charge in [-0.3, -0.25) is 4.98 Å². The predicted octanol–water partition coefficient (Wildman–Crippen LogP) is 4.53. The molecule has 0 saturated heterocycles. The summed E-state index contributed by atoms with van der Waals surface area (Å²) in [7, 11) is 3.05. The van der Waals surface area contributed by atoms with Crippen LogP contribution >= 0.6 is 0 Å². The molecule has 0 radical (unpaired) electrons. The minimum absolute atomic E-state index is 0.368. The summed E-state index contributed by atoms with van der Waals surface area (Å²) < 4.78 is 15.9. The van der Waals surface area contributed by atoms with Gasteiger partial charge in [0.15, 0.2) is 11.5 Å². The number of para-hydroxylation sites is 2. The molecule has 0 spiro atoms. The van der Waals surface area contributed by atoms with Crippen LogP contribution < -0.4 is 14.2 Å². The number of hydrogen-bond acceptors (Lipinski definition) is 6. The lowest BCUT2D eigenvalue weighted by Gasteiger charge is -2.10. The fraction of sp³-hybridized carbons (Fsp3) is 0.0870. The molecule has 3 aromatic carbocycles. The van der Waals surface area contributed by atoms with Gasteiger partial charge >= 0.3 is 5.97 Å². The van der Waals surface area contributed by atoms with Gasteiger partial charge in [0.1, 0.15) is 5.75 Å². The Bertz CT molecular complexity index is 1170. The lowest BCUT2D eigenvalue weighted by molar-refractivity contribution is 0.0734. The van der Waals surface area contributed by atoms with Crippen molar-refractivity contribution in [2.24, 2.45) is 0 Å². The largest absolute Gasteiger partial charge is 0.493 e. The number of benzene rings is 3. The van der Waals surface area contributed by atoms with Gasteiger partial charge in [-0.15, -0.1) is 0 Å². The molecule has 29 heavy (non-hydrogen) atoms. The van der Waals surface area contributed by atoms with Gasteiger partial charge in [-0.1, -0.05) is 12.1 Å². The molecule has 4 rings (SSSR count). The molecule has 6 nitrogen and oxygen atoms in total. The Morgan fingerprint density at radius 1 is 0.828 bits per heavy atom. The summed E-state index contributed by atoms with van der Waals surface area (Å²) in [5.74, 6) is 0.962. The van der Waals surface area contributed by atoms with Crippen LogP contribution in [-0.4, -0.2) is 30.2 Å². The highest BCUT2D eigenvalue weighted by Crippen LogP contribution is 2.28. The van der Waals surface area contributed by atoms with Crippen molar-refractivity contribution in [3.8, 4) is 28.5 Å². The van der Waals surface area contributed by atoms with E-state index in [4.69, 9.17) is 14.2 Å². The van der Waals surface area contributed by atoms with Crippen molar-refractivity contribution in [2.75, 3.05) is 14.2 Å². The maximum absolute atomic E-state index is 12.4. The van der Waals surface area contributed by atoms with E-state index in [0.717, 1.165) is 22.3 Å². The first-order valence-corrected chi connectivity index (χ1v) is 8.94. The molecule has 0 N–H and O–H groups in total. The zero-order valence-electron chi connectivity index (χ0n) is 16.0. The molecule has 0 aliphatic rings. The van der Waals surface area contributed by atoms with Crippen LogP contribution in [0.4, 0.5) is 0 Å². The van der Waals surface area contributed by atoms with Crippen molar-refractivity contribution >= 4 is 17.0 Å². The van der Waals surface area contributed by atoms with E-state index in [1.54, 1.807) is 36.5 Å². The number of carbonyl (C=O) groups excluding carboxylic acids is 1. The topological polar surface area (TPSA) is 70.5 Å². The molecule has 0 aliphatic heterocycles. The Morgan fingerprint density at radius 3 is 2.28 bits per heavy atom. The Balaban J connectivity index is 1.52. The summed E-state index contributed by atoms with van der Waals surface area (Å²) >= 11 is 0. The van der Waals surface area contributed by atoms with Gasteiger partial charge in [0.25, 0.3) is 0 Å². The van der Waals surface area contributed by atoms with Crippen LogP contribution in [0.15, 0.2) is 72.9 Å². The molecule has 1 heterocycles. The second-order valence-corrected chi connectivity index (χ2v) is 6.23. The molecular formula is C23H18N2O4. The molecule has 0 unspecified atom stereocenters. The summed E-state index contributed by atoms with van der Waals surface area (Å²) in [6.45, 7) is 0. The third kappa shape index (κ3) is 3.87. The summed E-state index contributed by atoms with van der Waals surface area (Å²) in [5.41, 5.74) is 3.67. The Labute approximate surface area is 167 Å². The lowest BCUT2D eigenvalue weighted by Crippen LogP contribution is -2.08. The fourth-order valence-corrected chi connectivity index (χ4v) is 2.92. The predicted molar refractivity (Wildman–Crippen MR) is 109 cm³/mol. The van der Waals surface area contributed by atoms with Gasteiger partial charge in [-0.25, -0.2) is 9.78 Å². The van der Waals surface area contributed by atoms with Gasteiger partial charge < -0.3 is 14.2 Å². The zero-order valence-corrected chi connectivity index (χ0v) is 16.0. The minimum atomic E-state index is -0.482. The fourth-order valence-electron chi connectivity index (χ4n) is 2.92. The lowest BCUT2D eigenvalue weighted by atomic mass is 10.1. The number of nitrogens with zero attached hydrogens (tertiary/aromatic N) is 2. The van der Waals surface area contributed by atoms with Crippen molar-refractivity contribution < 1.29 is 19.0 Å². The first-order valence-electron chi connectivity index (χ1n) is 8.94. The molecule has 1 aromatic heterocycles. The maximum Gasteiger partial charge on any atom is 0.343 e. The van der Waals surface area contributed by atoms with Crippen molar-refractivity contribution in [1.82, 2.24) is 9.97 Å². The van der Waals surface area contributed by atoms with E-state index in [9.17, 15) is 4.79 Å². The quantitative estimate of drug-likeness (QED) is 0.371. The Kier molecular flexibility index (Phi) is 5.07. The van der Waals surface area contributed by atoms with E-state index in [1.807, 2.05) is 36.4 Å². The van der Waals surface area contributed by atoms with Gasteiger partial charge in [0.2, 0.25) is 0 Å². The highest BCUT2D eigenvalue weighted by molar-refractivity contribution is 5.92. The van der Waals surface area contributed by atoms with Crippen LogP contribution in [0, 0.1) is 0 Å². The van der Waals surface area contributed by atoms with Gasteiger partial charge in [-0.2, -0.15) is 0 Å². The Hall–Kier alpha value is -3.93. The zero-order chi connectivity index (χ0) is 20.2. The van der Waals surface area contributed by atoms with Gasteiger partial charge in [0.05, 0.1) is 42.7 Å².